The molecule has 4 bridgehead atoms. The summed E-state index contributed by atoms with van der Waals surface area (Å²) >= 11 is 7.12. The molecule has 4 fully saturated rings. The monoisotopic (exact) mass is 2020 g/mol. The van der Waals surface area contributed by atoms with Gasteiger partial charge in [-0.3, -0.25) is 43.7 Å². The summed E-state index contributed by atoms with van der Waals surface area (Å²) in [7, 11) is 1.99. The first kappa shape index (κ1) is 112. The molecule has 38 heteroatoms. The van der Waals surface area contributed by atoms with Crippen LogP contribution in [-0.4, -0.2) is 247 Å². The number of hydrogen-bond acceptors (Lipinski definition) is 35. The number of thioether (sulfide) groups is 4. The van der Waals surface area contributed by atoms with Gasteiger partial charge in [-0.1, -0.05) is 107 Å². The van der Waals surface area contributed by atoms with Gasteiger partial charge in [0.25, 0.3) is 0 Å². The summed E-state index contributed by atoms with van der Waals surface area (Å²) < 4.78 is 78.9. The van der Waals surface area contributed by atoms with E-state index in [2.05, 4.69) is 68.2 Å². The topological polar surface area (TPSA) is 410 Å². The SMILES string of the molecule is C=C(C)C(=O)OCC12C=CC(O1)C1C(=O)N(CCCOC(=O)CCCC[Si](OC)(OC)OC)C(=O)C12.C=C(C)C(=O)OCCCN1C(=O)C2C3C=CC(COC(=O)C(=C)C)(O3)C2C1=O.C=C(C)C(=O)OCCOC(=O)c1ccc(CSC2(c3ccccn3)CC(COC(=O)C(=C)C)=CCS2)cc1.C=C(C)C(=O)OCCOC(=O)c1ccc(CSC2(c3ccccn3)CC=C(COC(=O)C(=C)C)CS2)cc1. The molecule has 2 aromatic carbocycles. The van der Waals surface area contributed by atoms with E-state index < -0.39 is 104 Å². The van der Waals surface area contributed by atoms with Gasteiger partial charge in [0.2, 0.25) is 23.6 Å². The number of aromatic nitrogens is 2. The number of unbranched alkanes of at least 4 members (excludes halogenated alkanes) is 1. The molecule has 140 heavy (non-hydrogen) atoms. The Balaban J connectivity index is 0.000000210. The summed E-state index contributed by atoms with van der Waals surface area (Å²) in [4.78, 5) is 182. The van der Waals surface area contributed by atoms with E-state index in [1.54, 1.807) is 164 Å². The largest absolute Gasteiger partial charge is 0.500 e. The van der Waals surface area contributed by atoms with Gasteiger partial charge in [-0.05, 0) is 164 Å². The van der Waals surface area contributed by atoms with Crippen molar-refractivity contribution in [3.8, 4) is 0 Å². The third-order valence-electron chi connectivity index (χ3n) is 23.0. The first-order chi connectivity index (χ1) is 66.7. The zero-order valence-electron chi connectivity index (χ0n) is 80.3. The van der Waals surface area contributed by atoms with Crippen LogP contribution in [0.4, 0.5) is 0 Å². The number of rotatable bonds is 47. The maximum Gasteiger partial charge on any atom is 0.500 e. The van der Waals surface area contributed by atoms with Gasteiger partial charge in [-0.15, -0.1) is 47.0 Å². The molecule has 10 atom stereocenters. The van der Waals surface area contributed by atoms with Gasteiger partial charge in [0.15, 0.2) is 0 Å². The number of imide groups is 2. The summed E-state index contributed by atoms with van der Waals surface area (Å²) in [5.74, 6) is -6.00. The molecule has 10 unspecified atom stereocenters. The first-order valence-electron chi connectivity index (χ1n) is 45.0. The highest BCUT2D eigenvalue weighted by Gasteiger charge is 2.69. The van der Waals surface area contributed by atoms with Gasteiger partial charge in [0, 0.05) is 128 Å². The molecule has 0 N–H and O–H groups in total. The van der Waals surface area contributed by atoms with E-state index in [4.69, 9.17) is 70.1 Å². The minimum absolute atomic E-state index is 0.0219. The summed E-state index contributed by atoms with van der Waals surface area (Å²) in [6.07, 6.45) is 17.3. The van der Waals surface area contributed by atoms with Gasteiger partial charge in [-0.25, -0.2) is 43.2 Å². The molecule has 4 saturated heterocycles. The van der Waals surface area contributed by atoms with Gasteiger partial charge < -0.3 is 70.1 Å². The second-order valence-electron chi connectivity index (χ2n) is 33.9. The van der Waals surface area contributed by atoms with E-state index in [-0.39, 0.29) is 146 Å². The number of fused-ring (bicyclic) bond motifs is 10. The van der Waals surface area contributed by atoms with E-state index in [1.807, 2.05) is 60.7 Å². The van der Waals surface area contributed by atoms with Gasteiger partial charge in [0.1, 0.15) is 72.2 Å². The second kappa shape index (κ2) is 52.7. The van der Waals surface area contributed by atoms with Crippen molar-refractivity contribution < 1.29 is 137 Å². The van der Waals surface area contributed by atoms with Crippen LogP contribution in [0, 0.1) is 23.7 Å². The average molecular weight is 2020 g/mol. The Morgan fingerprint density at radius 1 is 0.443 bits per heavy atom. The number of carbonyl (C=O) groups excluding carboxylic acids is 14. The molecule has 0 aliphatic carbocycles. The van der Waals surface area contributed by atoms with Crippen LogP contribution >= 0.6 is 47.0 Å². The van der Waals surface area contributed by atoms with Crippen molar-refractivity contribution in [3.05, 3.63) is 264 Å². The van der Waals surface area contributed by atoms with Crippen LogP contribution < -0.4 is 0 Å². The van der Waals surface area contributed by atoms with Crippen LogP contribution in [0.2, 0.25) is 6.04 Å². The number of nitrogens with zero attached hydrogens (tertiary/aromatic N) is 4. The van der Waals surface area contributed by atoms with Crippen molar-refractivity contribution in [1.29, 1.82) is 0 Å². The lowest BCUT2D eigenvalue weighted by molar-refractivity contribution is -0.153. The number of ether oxygens (including phenoxy) is 12. The average Bonchev–Trinajstić information content (AvgIpc) is 1.54. The van der Waals surface area contributed by atoms with Crippen molar-refractivity contribution in [2.24, 2.45) is 23.7 Å². The lowest BCUT2D eigenvalue weighted by atomic mass is 9.77. The highest BCUT2D eigenvalue weighted by Crippen LogP contribution is 2.57. The minimum Gasteiger partial charge on any atom is -0.466 e. The van der Waals surface area contributed by atoms with Crippen molar-refractivity contribution in [2.75, 3.05) is 112 Å². The minimum atomic E-state index is -2.65. The molecular formula is C102H120N4O29S4Si. The van der Waals surface area contributed by atoms with Crippen LogP contribution in [0.15, 0.2) is 230 Å². The molecule has 0 saturated carbocycles. The Bertz CT molecular complexity index is 5440. The van der Waals surface area contributed by atoms with E-state index in [1.165, 1.54) is 23.6 Å². The Morgan fingerprint density at radius 2 is 0.836 bits per heavy atom. The maximum absolute atomic E-state index is 13.1. The maximum atomic E-state index is 13.1. The molecule has 0 spiro atoms. The van der Waals surface area contributed by atoms with Crippen molar-refractivity contribution in [1.82, 2.24) is 19.8 Å². The molecule has 2 aromatic heterocycles. The highest BCUT2D eigenvalue weighted by molar-refractivity contribution is 8.17. The first-order valence-corrected chi connectivity index (χ1v) is 50.9. The molecule has 4 aromatic rings. The molecule has 8 aliphatic rings. The Kier molecular flexibility index (Phi) is 42.1. The number of benzene rings is 2. The molecule has 12 rings (SSSR count). The van der Waals surface area contributed by atoms with Crippen molar-refractivity contribution in [3.63, 3.8) is 0 Å². The number of carbonyl (C=O) groups is 14. The van der Waals surface area contributed by atoms with Crippen LogP contribution in [0.5, 0.6) is 0 Å². The zero-order chi connectivity index (χ0) is 102. The zero-order valence-corrected chi connectivity index (χ0v) is 84.6. The molecule has 10 heterocycles. The molecule has 750 valence electrons. The van der Waals surface area contributed by atoms with Crippen LogP contribution in [0.25, 0.3) is 0 Å². The fraction of sp³-hybridized carbons (Fsp3) is 0.431. The van der Waals surface area contributed by atoms with Gasteiger partial charge >= 0.3 is 68.5 Å². The number of pyridine rings is 2. The summed E-state index contributed by atoms with van der Waals surface area (Å²) in [5, 5.41) is 0. The highest BCUT2D eigenvalue weighted by atomic mass is 32.2. The number of allylic oxidation sites excluding steroid dienone is 1. The lowest BCUT2D eigenvalue weighted by Gasteiger charge is -2.36. The van der Waals surface area contributed by atoms with Crippen molar-refractivity contribution in [2.45, 2.75) is 143 Å². The van der Waals surface area contributed by atoms with E-state index >= 15 is 0 Å². The fourth-order valence-corrected chi connectivity index (χ4v) is 23.1. The summed E-state index contributed by atoms with van der Waals surface area (Å²) in [6, 6.07) is 26.9. The second-order valence-corrected chi connectivity index (χ2v) is 42.7. The Hall–Kier alpha value is -11.7. The fourth-order valence-electron chi connectivity index (χ4n) is 15.4. The van der Waals surface area contributed by atoms with E-state index in [9.17, 15) is 67.1 Å². The molecule has 33 nitrogen and oxygen atoms in total. The molecule has 0 radical (unpaired) electrons. The number of amides is 4. The number of hydrogen-bond donors (Lipinski definition) is 0. The van der Waals surface area contributed by atoms with Crippen LogP contribution in [0.3, 0.4) is 0 Å². The standard InChI is InChI=1S/2C29H31NO6S2.C24H35NO10Si.C20H23NO7/c1-20(2)26(31)34-15-16-35-28(33)24-10-8-22(9-11-24)18-37-29(25-7-5-6-14-30-25)13-12-23(19-38-29)17-36-27(32)21(3)4;1-20(2)26(31)34-14-15-35-28(33)24-10-8-22(9-11-24)19-38-29(25-7-5-6-13-30-25)17-23(12-16-37-29)18-36-27(32)21(3)4;1-16(2)23(29)34-15-24-11-10-17(35-24)19-20(24)22(28)25(21(19)27)12-8-13-33-18(26)9-6-7-14-36(30-3,31-4)32-5;1-11(2)18(24)26-9-5-8-21-16(22)14-13-6-7-20(28-13,15(14)17(21)23)10-27-19(25)12(3)4/h5-12,14H,1,3,13,15-19H2,2,4H3;5-13H,1,3,14-19H2,2,4H3;10-11,17,19-20H,1,6-9,12-15H2,2-5H3;6-7,13-15H,1,3,5,8-10H2,2,4H3. The number of likely N-dealkylation sites (tertiary alicyclic amines) is 2. The third kappa shape index (κ3) is 29.9. The predicted molar refractivity (Wildman–Crippen MR) is 525 cm³/mol. The van der Waals surface area contributed by atoms with E-state index in [0.29, 0.717) is 83.1 Å². The van der Waals surface area contributed by atoms with E-state index in [0.717, 1.165) is 51.6 Å². The Morgan fingerprint density at radius 3 is 1.24 bits per heavy atom. The van der Waals surface area contributed by atoms with Crippen molar-refractivity contribution >= 4 is 139 Å². The third-order valence-corrected chi connectivity index (χ3v) is 32.4. The normalized spacial score (nSPS) is 21.8. The predicted octanol–water partition coefficient (Wildman–Crippen LogP) is 13.6. The number of esters is 10. The molecule has 8 aliphatic heterocycles. The van der Waals surface area contributed by atoms with Crippen LogP contribution in [-0.2, 0) is 147 Å². The Labute approximate surface area is 832 Å². The summed E-state index contributed by atoms with van der Waals surface area (Å²) in [5.41, 5.74) is 6.82. The quantitative estimate of drug-likeness (QED) is 0.00754. The lowest BCUT2D eigenvalue weighted by Crippen LogP contribution is -2.44. The molecule has 4 amide bonds. The van der Waals surface area contributed by atoms with Crippen LogP contribution in [0.1, 0.15) is 137 Å². The summed E-state index contributed by atoms with van der Waals surface area (Å²) in [6.45, 7) is 36.3. The van der Waals surface area contributed by atoms with Gasteiger partial charge in [0.05, 0.1) is 71.6 Å². The van der Waals surface area contributed by atoms with Gasteiger partial charge in [-0.2, -0.15) is 0 Å². The molecular weight excluding hydrogens is 1900 g/mol. The smallest absolute Gasteiger partial charge is 0.466 e.